The van der Waals surface area contributed by atoms with Crippen molar-refractivity contribution in [3.8, 4) is 0 Å². The van der Waals surface area contributed by atoms with Crippen molar-refractivity contribution in [3.05, 3.63) is 12.2 Å². The van der Waals surface area contributed by atoms with E-state index in [0.717, 1.165) is 25.7 Å². The molecule has 0 aliphatic carbocycles. The lowest BCUT2D eigenvalue weighted by Gasteiger charge is -2.16. The number of hydrogen-bond donors (Lipinski definition) is 2. The van der Waals surface area contributed by atoms with Crippen LogP contribution in [0.2, 0.25) is 0 Å². The monoisotopic (exact) mass is 325 g/mol. The second-order valence-corrected chi connectivity index (χ2v) is 6.60. The van der Waals surface area contributed by atoms with Crippen molar-refractivity contribution in [3.63, 3.8) is 0 Å². The Bertz CT molecular complexity index is 289. The molecule has 0 saturated heterocycles. The van der Waals surface area contributed by atoms with E-state index < -0.39 is 6.09 Å². The number of nitrogens with one attached hydrogen (secondary N) is 1. The molecule has 2 N–H and O–H groups in total. The molecule has 0 saturated carbocycles. The van der Waals surface area contributed by atoms with Crippen LogP contribution in [0.5, 0.6) is 0 Å². The average molecular weight is 326 g/mol. The van der Waals surface area contributed by atoms with Crippen LogP contribution >= 0.6 is 0 Å². The van der Waals surface area contributed by atoms with Crippen LogP contribution in [-0.2, 0) is 0 Å². The third kappa shape index (κ3) is 17.2. The Kier molecular flexibility index (Phi) is 16.6. The summed E-state index contributed by atoms with van der Waals surface area (Å²) in [5.74, 6) is 0. The van der Waals surface area contributed by atoms with E-state index in [0.29, 0.717) is 0 Å². The molecular formula is C20H39NO2. The van der Waals surface area contributed by atoms with Crippen molar-refractivity contribution in [2.45, 2.75) is 110 Å². The summed E-state index contributed by atoms with van der Waals surface area (Å²) in [7, 11) is 0. The largest absolute Gasteiger partial charge is 0.465 e. The first-order valence-electron chi connectivity index (χ1n) is 9.85. The van der Waals surface area contributed by atoms with Gasteiger partial charge in [-0.1, -0.05) is 77.4 Å². The molecule has 3 nitrogen and oxygen atoms in total. The van der Waals surface area contributed by atoms with Gasteiger partial charge in [0.15, 0.2) is 0 Å². The molecular weight excluding hydrogens is 286 g/mol. The van der Waals surface area contributed by atoms with Gasteiger partial charge in [0.1, 0.15) is 0 Å². The Hall–Kier alpha value is -0.990. The zero-order valence-corrected chi connectivity index (χ0v) is 15.5. The highest BCUT2D eigenvalue weighted by Gasteiger charge is 2.10. The molecule has 1 amide bonds. The first-order valence-corrected chi connectivity index (χ1v) is 9.85. The predicted octanol–water partition coefficient (Wildman–Crippen LogP) is 6.68. The molecule has 0 heterocycles. The molecule has 1 unspecified atom stereocenters. The van der Waals surface area contributed by atoms with Crippen LogP contribution in [0.3, 0.4) is 0 Å². The fourth-order valence-corrected chi connectivity index (χ4v) is 2.86. The number of amides is 1. The summed E-state index contributed by atoms with van der Waals surface area (Å²) in [4.78, 5) is 10.8. The Labute approximate surface area is 143 Å². The highest BCUT2D eigenvalue weighted by Crippen LogP contribution is 2.12. The van der Waals surface area contributed by atoms with Crippen molar-refractivity contribution in [2.75, 3.05) is 0 Å². The molecule has 1 atom stereocenters. The molecule has 0 aromatic carbocycles. The summed E-state index contributed by atoms with van der Waals surface area (Å²) in [5.41, 5.74) is 0. The summed E-state index contributed by atoms with van der Waals surface area (Å²) in [6.07, 6.45) is 20.5. The summed E-state index contributed by atoms with van der Waals surface area (Å²) in [5, 5.41) is 11.6. The van der Waals surface area contributed by atoms with Crippen molar-refractivity contribution in [1.29, 1.82) is 0 Å². The second-order valence-electron chi connectivity index (χ2n) is 6.60. The zero-order valence-electron chi connectivity index (χ0n) is 15.5. The van der Waals surface area contributed by atoms with Crippen molar-refractivity contribution in [2.24, 2.45) is 0 Å². The Morgan fingerprint density at radius 3 is 1.83 bits per heavy atom. The van der Waals surface area contributed by atoms with Gasteiger partial charge in [0.05, 0.1) is 0 Å². The molecule has 136 valence electrons. The van der Waals surface area contributed by atoms with Gasteiger partial charge in [0.2, 0.25) is 0 Å². The number of carboxylic acid groups (broad SMARTS) is 1. The van der Waals surface area contributed by atoms with Crippen LogP contribution in [0, 0.1) is 0 Å². The third-order valence-corrected chi connectivity index (χ3v) is 4.30. The third-order valence-electron chi connectivity index (χ3n) is 4.30. The lowest BCUT2D eigenvalue weighted by atomic mass is 10.0. The lowest BCUT2D eigenvalue weighted by molar-refractivity contribution is 0.187. The van der Waals surface area contributed by atoms with E-state index in [-0.39, 0.29) is 6.04 Å². The quantitative estimate of drug-likeness (QED) is 0.245. The normalized spacial score (nSPS) is 12.6. The Morgan fingerprint density at radius 1 is 0.826 bits per heavy atom. The molecule has 0 bridgehead atoms. The SMILES string of the molecule is CCCCCC/C=C/CCCCCC(CCCCC)NC(=O)O. The van der Waals surface area contributed by atoms with Gasteiger partial charge < -0.3 is 10.4 Å². The summed E-state index contributed by atoms with van der Waals surface area (Å²) < 4.78 is 0. The Morgan fingerprint density at radius 2 is 1.30 bits per heavy atom. The van der Waals surface area contributed by atoms with E-state index in [4.69, 9.17) is 5.11 Å². The van der Waals surface area contributed by atoms with Gasteiger partial charge in [-0.15, -0.1) is 0 Å². The van der Waals surface area contributed by atoms with E-state index in [9.17, 15) is 4.79 Å². The van der Waals surface area contributed by atoms with Gasteiger partial charge in [-0.25, -0.2) is 4.79 Å². The highest BCUT2D eigenvalue weighted by molar-refractivity contribution is 5.64. The second kappa shape index (κ2) is 17.4. The molecule has 0 radical (unpaired) electrons. The zero-order chi connectivity index (χ0) is 17.2. The predicted molar refractivity (Wildman–Crippen MR) is 100 cm³/mol. The Balaban J connectivity index is 3.56. The van der Waals surface area contributed by atoms with Crippen LogP contribution in [0.4, 0.5) is 4.79 Å². The lowest BCUT2D eigenvalue weighted by Crippen LogP contribution is -2.33. The van der Waals surface area contributed by atoms with Crippen LogP contribution in [0.15, 0.2) is 12.2 Å². The fraction of sp³-hybridized carbons (Fsp3) is 0.850. The van der Waals surface area contributed by atoms with E-state index in [1.807, 2.05) is 0 Å². The molecule has 0 spiro atoms. The van der Waals surface area contributed by atoms with Gasteiger partial charge in [-0.3, -0.25) is 0 Å². The highest BCUT2D eigenvalue weighted by atomic mass is 16.4. The van der Waals surface area contributed by atoms with Crippen LogP contribution in [-0.4, -0.2) is 17.2 Å². The maximum atomic E-state index is 10.8. The maximum absolute atomic E-state index is 10.8. The molecule has 0 aliphatic heterocycles. The van der Waals surface area contributed by atoms with Crippen LogP contribution < -0.4 is 5.32 Å². The number of carbonyl (C=O) groups is 1. The number of allylic oxidation sites excluding steroid dienone is 2. The number of rotatable bonds is 16. The smallest absolute Gasteiger partial charge is 0.404 e. The first-order chi connectivity index (χ1) is 11.2. The summed E-state index contributed by atoms with van der Waals surface area (Å²) in [6, 6.07) is 0.146. The summed E-state index contributed by atoms with van der Waals surface area (Å²) >= 11 is 0. The van der Waals surface area contributed by atoms with E-state index >= 15 is 0 Å². The molecule has 0 aromatic rings. The minimum absolute atomic E-state index is 0.146. The van der Waals surface area contributed by atoms with E-state index in [2.05, 4.69) is 31.3 Å². The van der Waals surface area contributed by atoms with Crippen LogP contribution in [0.25, 0.3) is 0 Å². The molecule has 3 heteroatoms. The molecule has 0 aliphatic rings. The van der Waals surface area contributed by atoms with E-state index in [1.54, 1.807) is 0 Å². The average Bonchev–Trinajstić information content (AvgIpc) is 2.52. The van der Waals surface area contributed by atoms with Crippen molar-refractivity contribution in [1.82, 2.24) is 5.32 Å². The minimum Gasteiger partial charge on any atom is -0.465 e. The molecule has 23 heavy (non-hydrogen) atoms. The molecule has 0 fully saturated rings. The molecule has 0 rings (SSSR count). The summed E-state index contributed by atoms with van der Waals surface area (Å²) in [6.45, 7) is 4.42. The van der Waals surface area contributed by atoms with Gasteiger partial charge in [-0.2, -0.15) is 0 Å². The fourth-order valence-electron chi connectivity index (χ4n) is 2.86. The first kappa shape index (κ1) is 22.0. The van der Waals surface area contributed by atoms with Gasteiger partial charge in [-0.05, 0) is 38.5 Å². The topological polar surface area (TPSA) is 49.3 Å². The van der Waals surface area contributed by atoms with Gasteiger partial charge in [0, 0.05) is 6.04 Å². The minimum atomic E-state index is -0.877. The van der Waals surface area contributed by atoms with Crippen molar-refractivity contribution >= 4 is 6.09 Å². The number of hydrogen-bond acceptors (Lipinski definition) is 1. The van der Waals surface area contributed by atoms with Gasteiger partial charge in [0.25, 0.3) is 0 Å². The number of unbranched alkanes of at least 4 members (excludes halogenated alkanes) is 9. The van der Waals surface area contributed by atoms with Crippen molar-refractivity contribution < 1.29 is 9.90 Å². The van der Waals surface area contributed by atoms with Gasteiger partial charge >= 0.3 is 6.09 Å². The maximum Gasteiger partial charge on any atom is 0.404 e. The molecule has 0 aromatic heterocycles. The van der Waals surface area contributed by atoms with E-state index in [1.165, 1.54) is 64.2 Å². The van der Waals surface area contributed by atoms with Crippen LogP contribution in [0.1, 0.15) is 104 Å². The standard InChI is InChI=1S/C20H39NO2/c1-3-5-7-8-9-10-11-12-13-14-16-18-19(21-20(22)23)17-15-6-4-2/h10-11,19,21H,3-9,12-18H2,1-2H3,(H,22,23)/b11-10+.